The highest BCUT2D eigenvalue weighted by molar-refractivity contribution is 7.90. The molecular formula is C24H20O9S2. The first-order valence-corrected chi connectivity index (χ1v) is 13.2. The van der Waals surface area contributed by atoms with Crippen LogP contribution in [0.5, 0.6) is 17.2 Å². The van der Waals surface area contributed by atoms with Gasteiger partial charge in [-0.15, -0.1) is 0 Å². The van der Waals surface area contributed by atoms with Gasteiger partial charge in [0.1, 0.15) is 16.4 Å². The van der Waals surface area contributed by atoms with Crippen LogP contribution in [0.4, 0.5) is 0 Å². The van der Waals surface area contributed by atoms with Crippen molar-refractivity contribution in [2.45, 2.75) is 15.5 Å². The first kappa shape index (κ1) is 24.3. The highest BCUT2D eigenvalue weighted by Gasteiger charge is 2.22. The van der Waals surface area contributed by atoms with E-state index in [1.54, 1.807) is 6.07 Å². The van der Waals surface area contributed by atoms with Gasteiger partial charge in [-0.05, 0) is 60.7 Å². The predicted molar refractivity (Wildman–Crippen MR) is 127 cm³/mol. The van der Waals surface area contributed by atoms with Gasteiger partial charge in [-0.1, -0.05) is 12.1 Å². The Hall–Kier alpha value is -3.83. The quantitative estimate of drug-likeness (QED) is 0.255. The lowest BCUT2D eigenvalue weighted by atomic mass is 10.2. The maximum absolute atomic E-state index is 12.8. The summed E-state index contributed by atoms with van der Waals surface area (Å²) in [6.07, 6.45) is 0. The van der Waals surface area contributed by atoms with Gasteiger partial charge < -0.3 is 18.1 Å². The lowest BCUT2D eigenvalue weighted by Crippen LogP contribution is -2.14. The lowest BCUT2D eigenvalue weighted by molar-refractivity contribution is 0.414. The second-order valence-corrected chi connectivity index (χ2v) is 10.9. The number of sulfone groups is 1. The van der Waals surface area contributed by atoms with Gasteiger partial charge in [-0.2, -0.15) is 8.42 Å². The SMILES string of the molecule is COc1ccc(S(=O)(=O)Cc2cc3cccc(OS(=O)(=O)c4ccc(OC)cc4)c3oc2=O)cc1. The number of para-hydroxylation sites is 1. The zero-order valence-electron chi connectivity index (χ0n) is 18.6. The molecule has 1 aromatic heterocycles. The second-order valence-electron chi connectivity index (χ2n) is 7.38. The Morgan fingerprint density at radius 1 is 0.771 bits per heavy atom. The van der Waals surface area contributed by atoms with Crippen LogP contribution in [-0.4, -0.2) is 31.1 Å². The number of fused-ring (bicyclic) bond motifs is 1. The van der Waals surface area contributed by atoms with Crippen molar-refractivity contribution in [3.05, 3.63) is 88.8 Å². The lowest BCUT2D eigenvalue weighted by Gasteiger charge is -2.10. The van der Waals surface area contributed by atoms with Gasteiger partial charge in [0.05, 0.1) is 30.4 Å². The number of hydrogen-bond donors (Lipinski definition) is 0. The highest BCUT2D eigenvalue weighted by Crippen LogP contribution is 2.29. The van der Waals surface area contributed by atoms with E-state index >= 15 is 0 Å². The molecule has 0 aliphatic heterocycles. The minimum absolute atomic E-state index is 0.0143. The molecule has 3 aromatic carbocycles. The van der Waals surface area contributed by atoms with Crippen molar-refractivity contribution < 1.29 is 34.9 Å². The Labute approximate surface area is 201 Å². The molecule has 0 spiro atoms. The van der Waals surface area contributed by atoms with Gasteiger partial charge in [0.15, 0.2) is 21.2 Å². The van der Waals surface area contributed by atoms with E-state index in [2.05, 4.69) is 0 Å². The van der Waals surface area contributed by atoms with Crippen molar-refractivity contribution in [3.63, 3.8) is 0 Å². The van der Waals surface area contributed by atoms with E-state index in [4.69, 9.17) is 18.1 Å². The molecule has 1 heterocycles. The second kappa shape index (κ2) is 9.43. The van der Waals surface area contributed by atoms with E-state index in [1.807, 2.05) is 0 Å². The van der Waals surface area contributed by atoms with Crippen molar-refractivity contribution >= 4 is 30.9 Å². The topological polar surface area (TPSA) is 126 Å². The summed E-state index contributed by atoms with van der Waals surface area (Å²) in [5.41, 5.74) is -1.16. The third kappa shape index (κ3) is 5.15. The molecule has 4 aromatic rings. The summed E-state index contributed by atoms with van der Waals surface area (Å²) >= 11 is 0. The summed E-state index contributed by atoms with van der Waals surface area (Å²) in [5, 5.41) is 0.298. The van der Waals surface area contributed by atoms with Crippen molar-refractivity contribution in [1.29, 1.82) is 0 Å². The van der Waals surface area contributed by atoms with Crippen LogP contribution in [0.25, 0.3) is 11.0 Å². The van der Waals surface area contributed by atoms with Gasteiger partial charge in [-0.3, -0.25) is 0 Å². The fraction of sp³-hybridized carbons (Fsp3) is 0.125. The molecular weight excluding hydrogens is 496 g/mol. The zero-order valence-corrected chi connectivity index (χ0v) is 20.3. The first-order valence-electron chi connectivity index (χ1n) is 10.1. The average molecular weight is 517 g/mol. The largest absolute Gasteiger partial charge is 0.497 e. The van der Waals surface area contributed by atoms with Crippen LogP contribution >= 0.6 is 0 Å². The van der Waals surface area contributed by atoms with Crippen LogP contribution in [0.1, 0.15) is 5.56 Å². The normalized spacial score (nSPS) is 11.8. The maximum atomic E-state index is 12.8. The van der Waals surface area contributed by atoms with Crippen LogP contribution in [0.15, 0.2) is 91.8 Å². The summed E-state index contributed by atoms with van der Waals surface area (Å²) in [6, 6.07) is 17.1. The summed E-state index contributed by atoms with van der Waals surface area (Å²) in [4.78, 5) is 12.5. The van der Waals surface area contributed by atoms with E-state index < -0.39 is 31.3 Å². The van der Waals surface area contributed by atoms with Gasteiger partial charge >= 0.3 is 15.7 Å². The number of hydrogen-bond acceptors (Lipinski definition) is 9. The molecule has 0 N–H and O–H groups in total. The van der Waals surface area contributed by atoms with Crippen molar-refractivity contribution in [3.8, 4) is 17.2 Å². The van der Waals surface area contributed by atoms with E-state index in [-0.39, 0.29) is 26.7 Å². The molecule has 0 aliphatic rings. The molecule has 0 saturated carbocycles. The molecule has 11 heteroatoms. The third-order valence-electron chi connectivity index (χ3n) is 5.11. The van der Waals surface area contributed by atoms with Gasteiger partial charge in [0.2, 0.25) is 0 Å². The Bertz CT molecular complexity index is 1640. The van der Waals surface area contributed by atoms with Gasteiger partial charge in [-0.25, -0.2) is 13.2 Å². The van der Waals surface area contributed by atoms with Gasteiger partial charge in [0.25, 0.3) is 0 Å². The van der Waals surface area contributed by atoms with E-state index in [1.165, 1.54) is 80.9 Å². The average Bonchev–Trinajstić information content (AvgIpc) is 2.85. The number of rotatable bonds is 8. The zero-order chi connectivity index (χ0) is 25.2. The van der Waals surface area contributed by atoms with Crippen LogP contribution in [0.3, 0.4) is 0 Å². The monoisotopic (exact) mass is 516 g/mol. The van der Waals surface area contributed by atoms with Crippen LogP contribution < -0.4 is 19.3 Å². The van der Waals surface area contributed by atoms with Crippen LogP contribution in [-0.2, 0) is 25.7 Å². The summed E-state index contributed by atoms with van der Waals surface area (Å²) < 4.78 is 71.7. The number of benzene rings is 3. The van der Waals surface area contributed by atoms with Crippen molar-refractivity contribution in [2.75, 3.05) is 14.2 Å². The van der Waals surface area contributed by atoms with Crippen molar-refractivity contribution in [1.82, 2.24) is 0 Å². The molecule has 0 bridgehead atoms. The third-order valence-corrected chi connectivity index (χ3v) is 8.04. The smallest absolute Gasteiger partial charge is 0.340 e. The molecule has 0 fully saturated rings. The molecule has 0 saturated heterocycles. The fourth-order valence-corrected chi connectivity index (χ4v) is 5.57. The fourth-order valence-electron chi connectivity index (χ4n) is 3.31. The number of ether oxygens (including phenoxy) is 2. The Balaban J connectivity index is 1.67. The molecule has 35 heavy (non-hydrogen) atoms. The molecule has 0 radical (unpaired) electrons. The maximum Gasteiger partial charge on any atom is 0.340 e. The Morgan fingerprint density at radius 2 is 1.34 bits per heavy atom. The highest BCUT2D eigenvalue weighted by atomic mass is 32.2. The first-order chi connectivity index (χ1) is 16.6. The summed E-state index contributed by atoms with van der Waals surface area (Å²) in [5.74, 6) is 0.149. The van der Waals surface area contributed by atoms with Crippen molar-refractivity contribution in [2.24, 2.45) is 0 Å². The minimum Gasteiger partial charge on any atom is -0.497 e. The minimum atomic E-state index is -4.25. The molecule has 9 nitrogen and oxygen atoms in total. The Morgan fingerprint density at radius 3 is 1.91 bits per heavy atom. The summed E-state index contributed by atoms with van der Waals surface area (Å²) in [6.45, 7) is 0. The number of methoxy groups -OCH3 is 2. The van der Waals surface area contributed by atoms with E-state index in [0.29, 0.717) is 16.9 Å². The van der Waals surface area contributed by atoms with Crippen LogP contribution in [0.2, 0.25) is 0 Å². The van der Waals surface area contributed by atoms with Gasteiger partial charge in [0, 0.05) is 5.39 Å². The van der Waals surface area contributed by atoms with Crippen LogP contribution in [0, 0.1) is 0 Å². The molecule has 0 atom stereocenters. The molecule has 0 aliphatic carbocycles. The molecule has 182 valence electrons. The van der Waals surface area contributed by atoms with E-state index in [0.717, 1.165) is 0 Å². The standard InChI is InChI=1S/C24H20O9S2/c1-30-18-6-10-20(11-7-18)34(26,27)15-17-14-16-4-3-5-22(23(16)32-24(17)25)33-35(28,29)21-12-8-19(31-2)9-13-21/h3-14H,15H2,1-2H3. The molecule has 4 rings (SSSR count). The Kier molecular flexibility index (Phi) is 6.55. The molecule has 0 amide bonds. The predicted octanol–water partition coefficient (Wildman–Crippen LogP) is 3.55. The summed E-state index contributed by atoms with van der Waals surface area (Å²) in [7, 11) is -5.19. The molecule has 0 unspecified atom stereocenters. The van der Waals surface area contributed by atoms with E-state index in [9.17, 15) is 21.6 Å².